The van der Waals surface area contributed by atoms with Crippen LogP contribution < -0.4 is 10.6 Å². The van der Waals surface area contributed by atoms with Crippen molar-refractivity contribution < 1.29 is 9.18 Å². The molecule has 1 heterocycles. The van der Waals surface area contributed by atoms with Gasteiger partial charge in [-0.2, -0.15) is 5.26 Å². The van der Waals surface area contributed by atoms with E-state index < -0.39 is 11.7 Å². The van der Waals surface area contributed by atoms with E-state index in [1.54, 1.807) is 28.8 Å². The van der Waals surface area contributed by atoms with Crippen molar-refractivity contribution in [3.8, 4) is 6.07 Å². The Morgan fingerprint density at radius 1 is 1.15 bits per heavy atom. The molecule has 1 unspecified atom stereocenters. The van der Waals surface area contributed by atoms with Gasteiger partial charge in [-0.3, -0.25) is 9.69 Å². The molecule has 2 N–H and O–H groups in total. The van der Waals surface area contributed by atoms with E-state index in [0.717, 1.165) is 27.1 Å². The standard InChI is InChI=1S/C31H26BrClFN3OS/c1-17-12-19(16-39-22-9-7-21(33)8-10-22)18(2)23(13-17)29-24(15-35)31(36)37(26-11-6-20(32)14-25(26)34)27-4-3-5-28(38)30(27)29/h6-14,29H,3-5,16,36H2,1-2H3. The van der Waals surface area contributed by atoms with Crippen LogP contribution in [0.15, 0.2) is 86.6 Å². The van der Waals surface area contributed by atoms with Crippen molar-refractivity contribution in [3.63, 3.8) is 0 Å². The quantitative estimate of drug-likeness (QED) is 0.289. The molecule has 3 aromatic carbocycles. The highest BCUT2D eigenvalue weighted by atomic mass is 79.9. The van der Waals surface area contributed by atoms with Gasteiger partial charge >= 0.3 is 0 Å². The summed E-state index contributed by atoms with van der Waals surface area (Å²) in [5, 5.41) is 11.1. The van der Waals surface area contributed by atoms with E-state index in [4.69, 9.17) is 17.3 Å². The van der Waals surface area contributed by atoms with Crippen LogP contribution in [0.3, 0.4) is 0 Å². The highest BCUT2D eigenvalue weighted by Gasteiger charge is 2.41. The lowest BCUT2D eigenvalue weighted by Gasteiger charge is -2.40. The molecule has 8 heteroatoms. The molecule has 2 aliphatic rings. The summed E-state index contributed by atoms with van der Waals surface area (Å²) < 4.78 is 15.8. The van der Waals surface area contributed by atoms with Crippen LogP contribution in [0.1, 0.15) is 47.4 Å². The summed E-state index contributed by atoms with van der Waals surface area (Å²) in [6.07, 6.45) is 1.59. The van der Waals surface area contributed by atoms with Crippen LogP contribution in [0.25, 0.3) is 0 Å². The predicted molar refractivity (Wildman–Crippen MR) is 159 cm³/mol. The van der Waals surface area contributed by atoms with Gasteiger partial charge in [0.1, 0.15) is 11.6 Å². The Balaban J connectivity index is 1.64. The number of benzene rings is 3. The summed E-state index contributed by atoms with van der Waals surface area (Å²) in [7, 11) is 0. The van der Waals surface area contributed by atoms with Crippen molar-refractivity contribution >= 4 is 50.8 Å². The number of Topliss-reactive ketones (excluding diaryl/α,β-unsaturated/α-hetero) is 1. The number of aryl methyl sites for hydroxylation is 1. The molecule has 0 saturated carbocycles. The summed E-state index contributed by atoms with van der Waals surface area (Å²) in [5.74, 6) is -0.239. The third-order valence-corrected chi connectivity index (χ3v) is 9.09. The van der Waals surface area contributed by atoms with E-state index in [1.165, 1.54) is 6.07 Å². The SMILES string of the molecule is Cc1cc(CSc2ccc(Cl)cc2)c(C)c(C2C(C#N)=C(N)N(c3ccc(Br)cc3F)C3=C2C(=O)CCC3)c1. The molecule has 1 atom stereocenters. The molecule has 0 fully saturated rings. The topological polar surface area (TPSA) is 70.1 Å². The molecule has 0 bridgehead atoms. The zero-order valence-electron chi connectivity index (χ0n) is 21.5. The Morgan fingerprint density at radius 2 is 1.90 bits per heavy atom. The third-order valence-electron chi connectivity index (χ3n) is 7.28. The van der Waals surface area contributed by atoms with Gasteiger partial charge in [0.15, 0.2) is 5.78 Å². The number of carbonyl (C=O) groups is 1. The van der Waals surface area contributed by atoms with Gasteiger partial charge in [0, 0.05) is 37.8 Å². The Morgan fingerprint density at radius 3 is 2.59 bits per heavy atom. The van der Waals surface area contributed by atoms with Crippen LogP contribution in [0.2, 0.25) is 5.02 Å². The number of carbonyl (C=O) groups excluding carboxylic acids is 1. The number of ketones is 1. The Bertz CT molecular complexity index is 1590. The molecule has 3 aromatic rings. The van der Waals surface area contributed by atoms with E-state index in [0.29, 0.717) is 45.8 Å². The molecule has 0 spiro atoms. The number of rotatable bonds is 5. The number of nitrogens with two attached hydrogens (primary N) is 1. The number of anilines is 1. The zero-order chi connectivity index (χ0) is 27.8. The molecule has 0 radical (unpaired) electrons. The predicted octanol–water partition coefficient (Wildman–Crippen LogP) is 8.46. The number of allylic oxidation sites excluding steroid dienone is 3. The summed E-state index contributed by atoms with van der Waals surface area (Å²) in [4.78, 5) is 16.2. The first-order valence-electron chi connectivity index (χ1n) is 12.6. The number of nitriles is 1. The van der Waals surface area contributed by atoms with Gasteiger partial charge in [-0.05, 0) is 85.8 Å². The van der Waals surface area contributed by atoms with Crippen molar-refractivity contribution in [3.05, 3.63) is 115 Å². The lowest BCUT2D eigenvalue weighted by atomic mass is 9.73. The number of halogens is 3. The number of hydrogen-bond acceptors (Lipinski definition) is 5. The average Bonchev–Trinajstić information content (AvgIpc) is 2.90. The molecular formula is C31H26BrClFN3OS. The lowest BCUT2D eigenvalue weighted by molar-refractivity contribution is -0.116. The van der Waals surface area contributed by atoms with Crippen molar-refractivity contribution in [2.45, 2.75) is 49.7 Å². The minimum absolute atomic E-state index is 0.0259. The van der Waals surface area contributed by atoms with Gasteiger partial charge in [-0.1, -0.05) is 45.2 Å². The van der Waals surface area contributed by atoms with Crippen LogP contribution in [0, 0.1) is 31.0 Å². The maximum Gasteiger partial charge on any atom is 0.161 e. The molecule has 4 nitrogen and oxygen atoms in total. The first-order chi connectivity index (χ1) is 18.7. The zero-order valence-corrected chi connectivity index (χ0v) is 24.7. The second-order valence-corrected chi connectivity index (χ2v) is 12.2. The summed E-state index contributed by atoms with van der Waals surface area (Å²) in [5.41, 5.74) is 12.4. The van der Waals surface area contributed by atoms with Crippen LogP contribution in [0.4, 0.5) is 10.1 Å². The number of thioether (sulfide) groups is 1. The largest absolute Gasteiger partial charge is 0.384 e. The van der Waals surface area contributed by atoms with Crippen LogP contribution in [-0.4, -0.2) is 5.78 Å². The first-order valence-corrected chi connectivity index (χ1v) is 14.7. The highest BCUT2D eigenvalue weighted by molar-refractivity contribution is 9.10. The second-order valence-electron chi connectivity index (χ2n) is 9.79. The molecule has 39 heavy (non-hydrogen) atoms. The van der Waals surface area contributed by atoms with E-state index in [2.05, 4.69) is 28.1 Å². The lowest BCUT2D eigenvalue weighted by Crippen LogP contribution is -2.39. The van der Waals surface area contributed by atoms with Gasteiger partial charge in [0.2, 0.25) is 0 Å². The van der Waals surface area contributed by atoms with Gasteiger partial charge in [-0.25, -0.2) is 4.39 Å². The van der Waals surface area contributed by atoms with Gasteiger partial charge in [0.25, 0.3) is 0 Å². The second kappa shape index (κ2) is 11.2. The fourth-order valence-corrected chi connectivity index (χ4v) is 6.85. The van der Waals surface area contributed by atoms with Gasteiger partial charge < -0.3 is 5.73 Å². The minimum Gasteiger partial charge on any atom is -0.384 e. The van der Waals surface area contributed by atoms with Crippen molar-refractivity contribution in [2.24, 2.45) is 5.73 Å². The monoisotopic (exact) mass is 621 g/mol. The maximum atomic E-state index is 15.2. The maximum absolute atomic E-state index is 15.2. The Kier molecular flexibility index (Phi) is 7.91. The molecule has 1 aliphatic carbocycles. The average molecular weight is 623 g/mol. The number of nitrogens with zero attached hydrogens (tertiary/aromatic N) is 2. The fourth-order valence-electron chi connectivity index (χ4n) is 5.44. The van der Waals surface area contributed by atoms with Gasteiger partial charge in [-0.15, -0.1) is 11.8 Å². The third kappa shape index (κ3) is 5.26. The first kappa shape index (κ1) is 27.5. The minimum atomic E-state index is -0.605. The van der Waals surface area contributed by atoms with E-state index >= 15 is 4.39 Å². The smallest absolute Gasteiger partial charge is 0.161 e. The van der Waals surface area contributed by atoms with Crippen molar-refractivity contribution in [1.29, 1.82) is 5.26 Å². The normalized spacial score (nSPS) is 17.4. The molecule has 198 valence electrons. The Hall–Kier alpha value is -3.05. The molecule has 0 aromatic heterocycles. The fraction of sp³-hybridized carbons (Fsp3) is 0.226. The summed E-state index contributed by atoms with van der Waals surface area (Å²) >= 11 is 11.0. The molecule has 0 saturated heterocycles. The van der Waals surface area contributed by atoms with Crippen molar-refractivity contribution in [1.82, 2.24) is 0 Å². The van der Waals surface area contributed by atoms with E-state index in [9.17, 15) is 10.1 Å². The summed E-state index contributed by atoms with van der Waals surface area (Å²) in [6.45, 7) is 4.05. The Labute approximate surface area is 245 Å². The van der Waals surface area contributed by atoms with Crippen LogP contribution in [-0.2, 0) is 10.5 Å². The van der Waals surface area contributed by atoms with E-state index in [-0.39, 0.29) is 22.9 Å². The van der Waals surface area contributed by atoms with Crippen molar-refractivity contribution in [2.75, 3.05) is 4.90 Å². The highest BCUT2D eigenvalue weighted by Crippen LogP contribution is 2.48. The van der Waals surface area contributed by atoms with E-state index in [1.807, 2.05) is 44.2 Å². The molecule has 1 aliphatic heterocycles. The van der Waals surface area contributed by atoms with Crippen LogP contribution >= 0.6 is 39.3 Å². The number of hydrogen-bond donors (Lipinski definition) is 1. The molecular weight excluding hydrogens is 597 g/mol. The molecule has 5 rings (SSSR count). The summed E-state index contributed by atoms with van der Waals surface area (Å²) in [6, 6.07) is 18.9. The van der Waals surface area contributed by atoms with Crippen LogP contribution in [0.5, 0.6) is 0 Å². The van der Waals surface area contributed by atoms with Gasteiger partial charge in [0.05, 0.1) is 23.2 Å². The molecule has 0 amide bonds.